The Morgan fingerprint density at radius 2 is 2.23 bits per heavy atom. The highest BCUT2D eigenvalue weighted by Gasteiger charge is 2.15. The maximum atomic E-state index is 12.0. The van der Waals surface area contributed by atoms with E-state index in [4.69, 9.17) is 4.74 Å². The first-order valence-corrected chi connectivity index (χ1v) is 7.12. The lowest BCUT2D eigenvalue weighted by molar-refractivity contribution is 0.0549. The molecule has 0 aliphatic heterocycles. The molecule has 0 spiro atoms. The molecule has 0 saturated carbocycles. The fraction of sp³-hybridized carbons (Fsp3) is 0.133. The average molecular weight is 318 g/mol. The largest absolute Gasteiger partial charge is 0.457 e. The summed E-state index contributed by atoms with van der Waals surface area (Å²) in [4.78, 5) is 38.6. The summed E-state index contributed by atoms with van der Waals surface area (Å²) in [6.07, 6.45) is 4.95. The molecule has 0 amide bonds. The van der Waals surface area contributed by atoms with Crippen molar-refractivity contribution in [1.29, 1.82) is 0 Å². The van der Waals surface area contributed by atoms with E-state index >= 15 is 0 Å². The van der Waals surface area contributed by atoms with Crippen molar-refractivity contribution < 1.29 is 9.53 Å². The molecular weight excluding hydrogens is 304 g/mol. The number of carbonyl (C=O) groups excluding carboxylic acids is 1. The van der Waals surface area contributed by atoms with Crippen LogP contribution in [0.1, 0.15) is 9.67 Å². The van der Waals surface area contributed by atoms with E-state index in [-0.39, 0.29) is 16.9 Å². The zero-order valence-corrected chi connectivity index (χ0v) is 12.7. The molecular formula is C15H14N2O4S. The molecule has 2 rings (SSSR count). The van der Waals surface area contributed by atoms with Crippen molar-refractivity contribution in [2.75, 3.05) is 6.61 Å². The molecule has 0 fully saturated rings. The molecule has 1 N–H and O–H groups in total. The third-order valence-electron chi connectivity index (χ3n) is 2.85. The zero-order chi connectivity index (χ0) is 16.3. The molecule has 7 heteroatoms. The molecule has 0 bridgehead atoms. The Morgan fingerprint density at radius 1 is 1.50 bits per heavy atom. The number of hydrogen-bond acceptors (Lipinski definition) is 5. The van der Waals surface area contributed by atoms with Gasteiger partial charge in [0.2, 0.25) is 0 Å². The Labute approximate surface area is 129 Å². The van der Waals surface area contributed by atoms with Gasteiger partial charge in [0.25, 0.3) is 5.56 Å². The molecule has 22 heavy (non-hydrogen) atoms. The molecule has 2 heterocycles. The van der Waals surface area contributed by atoms with Gasteiger partial charge in [-0.2, -0.15) is 0 Å². The number of rotatable bonds is 5. The van der Waals surface area contributed by atoms with E-state index in [0.717, 1.165) is 15.9 Å². The number of nitrogens with zero attached hydrogens (tertiary/aromatic N) is 1. The average Bonchev–Trinajstić information content (AvgIpc) is 2.92. The van der Waals surface area contributed by atoms with Gasteiger partial charge in [-0.3, -0.25) is 14.3 Å². The Kier molecular flexibility index (Phi) is 4.57. The maximum absolute atomic E-state index is 12.0. The lowest BCUT2D eigenvalue weighted by atomic mass is 10.3. The standard InChI is InChI=1S/C15H14N2O4S/c1-4-5-6-9(2)8-21-14(19)11-7-10-12(22-11)16-15(20)17(3)13(10)18/h4-7H,1-2,8H2,3H3,(H,16,20)/b6-5-. The van der Waals surface area contributed by atoms with E-state index in [1.54, 1.807) is 18.2 Å². The summed E-state index contributed by atoms with van der Waals surface area (Å²) in [5.41, 5.74) is -0.367. The Bertz CT molecular complexity index is 898. The second-order valence-corrected chi connectivity index (χ2v) is 5.53. The second-order valence-electron chi connectivity index (χ2n) is 4.48. The van der Waals surface area contributed by atoms with E-state index in [9.17, 15) is 14.4 Å². The van der Waals surface area contributed by atoms with Crippen LogP contribution in [0.2, 0.25) is 0 Å². The number of ether oxygens (including phenoxy) is 1. The predicted octanol–water partition coefficient (Wildman–Crippen LogP) is 1.74. The number of fused-ring (bicyclic) bond motifs is 1. The molecule has 2 aromatic rings. The molecule has 114 valence electrons. The van der Waals surface area contributed by atoms with Gasteiger partial charge in [0.05, 0.1) is 5.39 Å². The van der Waals surface area contributed by atoms with Crippen molar-refractivity contribution in [3.8, 4) is 0 Å². The Morgan fingerprint density at radius 3 is 2.91 bits per heavy atom. The van der Waals surface area contributed by atoms with E-state index < -0.39 is 17.2 Å². The van der Waals surface area contributed by atoms with E-state index in [2.05, 4.69) is 18.1 Å². The van der Waals surface area contributed by atoms with E-state index in [0.29, 0.717) is 10.4 Å². The van der Waals surface area contributed by atoms with Crippen molar-refractivity contribution >= 4 is 27.5 Å². The van der Waals surface area contributed by atoms with Crippen molar-refractivity contribution in [2.24, 2.45) is 7.05 Å². The number of esters is 1. The molecule has 0 atom stereocenters. The van der Waals surface area contributed by atoms with Gasteiger partial charge in [0, 0.05) is 7.05 Å². The lowest BCUT2D eigenvalue weighted by Gasteiger charge is -2.02. The van der Waals surface area contributed by atoms with Gasteiger partial charge in [0.1, 0.15) is 16.3 Å². The van der Waals surface area contributed by atoms with E-state index in [1.165, 1.54) is 13.1 Å². The van der Waals surface area contributed by atoms with Crippen molar-refractivity contribution in [1.82, 2.24) is 9.55 Å². The van der Waals surface area contributed by atoms with Crippen LogP contribution >= 0.6 is 11.3 Å². The molecule has 6 nitrogen and oxygen atoms in total. The summed E-state index contributed by atoms with van der Waals surface area (Å²) in [6.45, 7) is 7.29. The number of aromatic amines is 1. The number of hydrogen-bond donors (Lipinski definition) is 1. The first-order valence-electron chi connectivity index (χ1n) is 6.31. The summed E-state index contributed by atoms with van der Waals surface area (Å²) >= 11 is 1.00. The topological polar surface area (TPSA) is 81.2 Å². The number of aromatic nitrogens is 2. The number of H-pyrrole nitrogens is 1. The van der Waals surface area contributed by atoms with Crippen LogP contribution in [0.15, 0.2) is 52.6 Å². The van der Waals surface area contributed by atoms with Gasteiger partial charge >= 0.3 is 11.7 Å². The first kappa shape index (κ1) is 15.7. The third kappa shape index (κ3) is 3.15. The summed E-state index contributed by atoms with van der Waals surface area (Å²) < 4.78 is 6.05. The molecule has 0 aliphatic rings. The highest BCUT2D eigenvalue weighted by atomic mass is 32.1. The predicted molar refractivity (Wildman–Crippen MR) is 86.4 cm³/mol. The van der Waals surface area contributed by atoms with Gasteiger partial charge in [-0.15, -0.1) is 11.3 Å². The van der Waals surface area contributed by atoms with Gasteiger partial charge in [0.15, 0.2) is 0 Å². The van der Waals surface area contributed by atoms with Crippen molar-refractivity contribution in [2.45, 2.75) is 0 Å². The number of carbonyl (C=O) groups is 1. The van der Waals surface area contributed by atoms with Crippen LogP contribution in [-0.2, 0) is 11.8 Å². The second kappa shape index (κ2) is 6.40. The van der Waals surface area contributed by atoms with Crippen LogP contribution < -0.4 is 11.2 Å². The first-order chi connectivity index (χ1) is 10.4. The number of thiophene rings is 1. The number of allylic oxidation sites excluding steroid dienone is 2. The smallest absolute Gasteiger partial charge is 0.348 e. The number of nitrogens with one attached hydrogen (secondary N) is 1. The SMILES string of the molecule is C=C/C=C\C(=C)COC(=O)c1cc2c(=O)n(C)c(=O)[nH]c2s1. The summed E-state index contributed by atoms with van der Waals surface area (Å²) in [5.74, 6) is -0.572. The van der Waals surface area contributed by atoms with Crippen molar-refractivity contribution in [3.05, 3.63) is 68.7 Å². The molecule has 2 aromatic heterocycles. The summed E-state index contributed by atoms with van der Waals surface area (Å²) in [6, 6.07) is 1.42. The van der Waals surface area contributed by atoms with Crippen LogP contribution in [0, 0.1) is 0 Å². The summed E-state index contributed by atoms with van der Waals surface area (Å²) in [7, 11) is 1.37. The highest BCUT2D eigenvalue weighted by molar-refractivity contribution is 7.20. The molecule has 0 unspecified atom stereocenters. The van der Waals surface area contributed by atoms with Crippen LogP contribution in [0.3, 0.4) is 0 Å². The molecule has 0 aliphatic carbocycles. The summed E-state index contributed by atoms with van der Waals surface area (Å²) in [5, 5.41) is 0.282. The van der Waals surface area contributed by atoms with Gasteiger partial charge in [-0.25, -0.2) is 9.59 Å². The van der Waals surface area contributed by atoms with Gasteiger partial charge in [-0.05, 0) is 11.6 Å². The minimum absolute atomic E-state index is 0.0337. The fourth-order valence-electron chi connectivity index (χ4n) is 1.68. The fourth-order valence-corrected chi connectivity index (χ4v) is 2.61. The van der Waals surface area contributed by atoms with Crippen LogP contribution in [0.4, 0.5) is 0 Å². The Hall–Kier alpha value is -2.67. The van der Waals surface area contributed by atoms with Crippen LogP contribution in [0.5, 0.6) is 0 Å². The third-order valence-corrected chi connectivity index (χ3v) is 3.88. The zero-order valence-electron chi connectivity index (χ0n) is 11.9. The molecule has 0 aromatic carbocycles. The highest BCUT2D eigenvalue weighted by Crippen LogP contribution is 2.21. The maximum Gasteiger partial charge on any atom is 0.348 e. The van der Waals surface area contributed by atoms with Crippen LogP contribution in [-0.4, -0.2) is 22.1 Å². The lowest BCUT2D eigenvalue weighted by Crippen LogP contribution is -2.31. The van der Waals surface area contributed by atoms with Gasteiger partial charge < -0.3 is 4.74 Å². The van der Waals surface area contributed by atoms with Gasteiger partial charge in [-0.1, -0.05) is 31.4 Å². The minimum Gasteiger partial charge on any atom is -0.457 e. The van der Waals surface area contributed by atoms with E-state index in [1.807, 2.05) is 0 Å². The minimum atomic E-state index is -0.572. The van der Waals surface area contributed by atoms with Crippen LogP contribution in [0.25, 0.3) is 10.2 Å². The normalized spacial score (nSPS) is 11.0. The monoisotopic (exact) mass is 318 g/mol. The van der Waals surface area contributed by atoms with Crippen molar-refractivity contribution in [3.63, 3.8) is 0 Å². The quantitative estimate of drug-likeness (QED) is 0.672. The molecule has 0 saturated heterocycles. The molecule has 0 radical (unpaired) electrons. The Balaban J connectivity index is 2.23.